The molecule has 2 N–H and O–H groups in total. The highest BCUT2D eigenvalue weighted by atomic mass is 19.1. The maximum atomic E-state index is 13.6. The standard InChI is InChI=1S/C10H11FN4O2/c11-10(3-16)1-6(2-10)15-5-14-7-8(15)12-4-13-9(7)17/h4-6,16H,1-3H2,(H,12,13,17). The first kappa shape index (κ1) is 10.4. The number of nitrogens with one attached hydrogen (secondary N) is 1. The lowest BCUT2D eigenvalue weighted by atomic mass is 9.78. The Bertz CT molecular complexity index is 614. The molecule has 7 heteroatoms. The Morgan fingerprint density at radius 1 is 1.59 bits per heavy atom. The molecule has 1 aliphatic rings. The van der Waals surface area contributed by atoms with Crippen molar-refractivity contribution in [3.63, 3.8) is 0 Å². The third kappa shape index (κ3) is 1.46. The fourth-order valence-electron chi connectivity index (χ4n) is 2.24. The van der Waals surface area contributed by atoms with Crippen LogP contribution in [-0.2, 0) is 0 Å². The van der Waals surface area contributed by atoms with Crippen molar-refractivity contribution in [2.45, 2.75) is 24.6 Å². The second kappa shape index (κ2) is 3.36. The molecule has 0 saturated heterocycles. The van der Waals surface area contributed by atoms with Gasteiger partial charge in [0, 0.05) is 18.9 Å². The molecule has 0 radical (unpaired) electrons. The number of nitrogens with zero attached hydrogens (tertiary/aromatic N) is 3. The summed E-state index contributed by atoms with van der Waals surface area (Å²) in [4.78, 5) is 21.9. The fourth-order valence-corrected chi connectivity index (χ4v) is 2.24. The summed E-state index contributed by atoms with van der Waals surface area (Å²) in [6, 6.07) is -0.0913. The second-order valence-electron chi connectivity index (χ2n) is 4.43. The molecular weight excluding hydrogens is 227 g/mol. The Morgan fingerprint density at radius 2 is 2.35 bits per heavy atom. The number of hydrogen-bond donors (Lipinski definition) is 2. The van der Waals surface area contributed by atoms with Gasteiger partial charge >= 0.3 is 0 Å². The van der Waals surface area contributed by atoms with Gasteiger partial charge < -0.3 is 14.7 Å². The number of fused-ring (bicyclic) bond motifs is 1. The van der Waals surface area contributed by atoms with E-state index >= 15 is 0 Å². The van der Waals surface area contributed by atoms with E-state index in [1.54, 1.807) is 4.57 Å². The molecule has 6 nitrogen and oxygen atoms in total. The topological polar surface area (TPSA) is 83.8 Å². The lowest BCUT2D eigenvalue weighted by Gasteiger charge is -2.40. The van der Waals surface area contributed by atoms with E-state index in [1.165, 1.54) is 12.7 Å². The van der Waals surface area contributed by atoms with Crippen LogP contribution in [0.5, 0.6) is 0 Å². The highest BCUT2D eigenvalue weighted by Crippen LogP contribution is 2.44. The van der Waals surface area contributed by atoms with Gasteiger partial charge in [-0.15, -0.1) is 0 Å². The molecule has 0 aliphatic heterocycles. The molecule has 1 saturated carbocycles. The van der Waals surface area contributed by atoms with Crippen LogP contribution in [0.4, 0.5) is 4.39 Å². The summed E-state index contributed by atoms with van der Waals surface area (Å²) in [7, 11) is 0. The maximum Gasteiger partial charge on any atom is 0.278 e. The van der Waals surface area contributed by atoms with Crippen LogP contribution in [0.25, 0.3) is 11.2 Å². The molecule has 0 bridgehead atoms. The number of aromatic nitrogens is 4. The van der Waals surface area contributed by atoms with E-state index < -0.39 is 12.3 Å². The molecule has 0 aromatic carbocycles. The number of imidazole rings is 1. The Hall–Kier alpha value is -1.76. The highest BCUT2D eigenvalue weighted by molar-refractivity contribution is 5.69. The second-order valence-corrected chi connectivity index (χ2v) is 4.43. The minimum atomic E-state index is -1.50. The average molecular weight is 238 g/mol. The minimum Gasteiger partial charge on any atom is -0.393 e. The largest absolute Gasteiger partial charge is 0.393 e. The summed E-state index contributed by atoms with van der Waals surface area (Å²) >= 11 is 0. The molecular formula is C10H11FN4O2. The summed E-state index contributed by atoms with van der Waals surface area (Å²) in [5.74, 6) is 0. The van der Waals surface area contributed by atoms with Gasteiger partial charge in [-0.1, -0.05) is 0 Å². The molecule has 1 fully saturated rings. The van der Waals surface area contributed by atoms with Crippen LogP contribution >= 0.6 is 0 Å². The summed E-state index contributed by atoms with van der Waals surface area (Å²) in [6.45, 7) is -0.468. The van der Waals surface area contributed by atoms with Crippen molar-refractivity contribution in [1.82, 2.24) is 19.5 Å². The molecule has 0 amide bonds. The minimum absolute atomic E-state index is 0.0913. The summed E-state index contributed by atoms with van der Waals surface area (Å²) < 4.78 is 15.3. The number of aliphatic hydroxyl groups excluding tert-OH is 1. The predicted molar refractivity (Wildman–Crippen MR) is 57.3 cm³/mol. The first-order valence-corrected chi connectivity index (χ1v) is 5.33. The van der Waals surface area contributed by atoms with Crippen molar-refractivity contribution in [1.29, 1.82) is 0 Å². The molecule has 90 valence electrons. The molecule has 2 aromatic heterocycles. The Morgan fingerprint density at radius 3 is 3.06 bits per heavy atom. The van der Waals surface area contributed by atoms with E-state index in [4.69, 9.17) is 5.11 Å². The van der Waals surface area contributed by atoms with Crippen LogP contribution in [0.15, 0.2) is 17.4 Å². The van der Waals surface area contributed by atoms with Gasteiger partial charge in [0.05, 0.1) is 19.3 Å². The van der Waals surface area contributed by atoms with Crippen LogP contribution in [-0.4, -0.2) is 36.9 Å². The molecule has 3 rings (SSSR count). The van der Waals surface area contributed by atoms with Crippen LogP contribution < -0.4 is 5.56 Å². The number of rotatable bonds is 2. The van der Waals surface area contributed by atoms with E-state index in [9.17, 15) is 9.18 Å². The Labute approximate surface area is 95.1 Å². The lowest BCUT2D eigenvalue weighted by molar-refractivity contribution is -0.0323. The molecule has 1 aliphatic carbocycles. The molecule has 17 heavy (non-hydrogen) atoms. The monoisotopic (exact) mass is 238 g/mol. The molecule has 2 heterocycles. The van der Waals surface area contributed by atoms with Gasteiger partial charge in [0.1, 0.15) is 5.67 Å². The van der Waals surface area contributed by atoms with Crippen molar-refractivity contribution in [2.75, 3.05) is 6.61 Å². The van der Waals surface area contributed by atoms with E-state index in [0.29, 0.717) is 5.65 Å². The zero-order chi connectivity index (χ0) is 12.0. The van der Waals surface area contributed by atoms with Crippen LogP contribution in [0.2, 0.25) is 0 Å². The SMILES string of the molecule is O=c1[nH]cnc2c1ncn2C1CC(F)(CO)C1. The molecule has 0 spiro atoms. The van der Waals surface area contributed by atoms with Crippen molar-refractivity contribution in [2.24, 2.45) is 0 Å². The first-order chi connectivity index (χ1) is 8.13. The van der Waals surface area contributed by atoms with Gasteiger partial charge in [-0.2, -0.15) is 0 Å². The van der Waals surface area contributed by atoms with Crippen LogP contribution in [0.3, 0.4) is 0 Å². The zero-order valence-electron chi connectivity index (χ0n) is 8.93. The summed E-state index contributed by atoms with van der Waals surface area (Å²) in [5.41, 5.74) is -1.09. The molecule has 0 atom stereocenters. The number of aromatic amines is 1. The average Bonchev–Trinajstić information content (AvgIpc) is 2.70. The van der Waals surface area contributed by atoms with Gasteiger partial charge in [-0.05, 0) is 0 Å². The normalized spacial score (nSPS) is 28.2. The molecule has 2 aromatic rings. The van der Waals surface area contributed by atoms with Gasteiger partial charge in [-0.25, -0.2) is 14.4 Å². The Kier molecular flexibility index (Phi) is 2.06. The number of alkyl halides is 1. The predicted octanol–water partition coefficient (Wildman–Crippen LogP) is 0.155. The van der Waals surface area contributed by atoms with Gasteiger partial charge in [-0.3, -0.25) is 4.79 Å². The first-order valence-electron chi connectivity index (χ1n) is 5.33. The maximum absolute atomic E-state index is 13.6. The van der Waals surface area contributed by atoms with Gasteiger partial charge in [0.2, 0.25) is 0 Å². The third-order valence-electron chi connectivity index (χ3n) is 3.24. The van der Waals surface area contributed by atoms with Crippen LogP contribution in [0, 0.1) is 0 Å². The van der Waals surface area contributed by atoms with Gasteiger partial charge in [0.25, 0.3) is 5.56 Å². The summed E-state index contributed by atoms with van der Waals surface area (Å²) in [5, 5.41) is 8.85. The smallest absolute Gasteiger partial charge is 0.278 e. The zero-order valence-corrected chi connectivity index (χ0v) is 8.93. The van der Waals surface area contributed by atoms with E-state index in [0.717, 1.165) is 0 Å². The van der Waals surface area contributed by atoms with E-state index in [2.05, 4.69) is 15.0 Å². The number of aliphatic hydroxyl groups is 1. The third-order valence-corrected chi connectivity index (χ3v) is 3.24. The highest BCUT2D eigenvalue weighted by Gasteiger charge is 2.45. The lowest BCUT2D eigenvalue weighted by Crippen LogP contribution is -2.43. The van der Waals surface area contributed by atoms with Gasteiger partial charge in [0.15, 0.2) is 11.2 Å². The molecule has 0 unspecified atom stereocenters. The number of H-pyrrole nitrogens is 1. The van der Waals surface area contributed by atoms with Crippen molar-refractivity contribution >= 4 is 11.2 Å². The number of halogens is 1. The van der Waals surface area contributed by atoms with E-state index in [1.807, 2.05) is 0 Å². The Balaban J connectivity index is 1.98. The van der Waals surface area contributed by atoms with E-state index in [-0.39, 0.29) is 30.0 Å². The van der Waals surface area contributed by atoms with Crippen molar-refractivity contribution < 1.29 is 9.50 Å². The quantitative estimate of drug-likeness (QED) is 0.780. The number of hydrogen-bond acceptors (Lipinski definition) is 4. The van der Waals surface area contributed by atoms with Crippen LogP contribution in [0.1, 0.15) is 18.9 Å². The van der Waals surface area contributed by atoms with Crippen molar-refractivity contribution in [3.05, 3.63) is 23.0 Å². The van der Waals surface area contributed by atoms with Crippen molar-refractivity contribution in [3.8, 4) is 0 Å². The summed E-state index contributed by atoms with van der Waals surface area (Å²) in [6.07, 6.45) is 3.25. The fraction of sp³-hybridized carbons (Fsp3) is 0.500.